The average molecular weight is 327 g/mol. The van der Waals surface area contributed by atoms with E-state index in [-0.39, 0.29) is 5.91 Å². The van der Waals surface area contributed by atoms with Crippen LogP contribution in [0.25, 0.3) is 0 Å². The van der Waals surface area contributed by atoms with Crippen molar-refractivity contribution in [3.05, 3.63) is 28.8 Å². The van der Waals surface area contributed by atoms with E-state index >= 15 is 0 Å². The number of benzene rings is 1. The van der Waals surface area contributed by atoms with Gasteiger partial charge in [-0.3, -0.25) is 4.79 Å². The number of hydrogen-bond acceptors (Lipinski definition) is 3. The van der Waals surface area contributed by atoms with Crippen LogP contribution >= 0.6 is 11.6 Å². The third kappa shape index (κ3) is 6.80. The first-order chi connectivity index (χ1) is 10.2. The minimum atomic E-state index is -0.522. The first-order valence-electron chi connectivity index (χ1n) is 7.21. The first kappa shape index (κ1) is 18.3. The normalized spacial score (nSPS) is 11.0. The van der Waals surface area contributed by atoms with Gasteiger partial charge in [-0.25, -0.2) is 4.79 Å². The smallest absolute Gasteiger partial charge is 0.407 e. The maximum absolute atomic E-state index is 11.9. The van der Waals surface area contributed by atoms with E-state index in [9.17, 15) is 9.59 Å². The summed E-state index contributed by atoms with van der Waals surface area (Å²) in [5.74, 6) is -0.114. The first-order valence-corrected chi connectivity index (χ1v) is 7.58. The number of ether oxygens (including phenoxy) is 1. The summed E-state index contributed by atoms with van der Waals surface area (Å²) in [5.41, 5.74) is 1.02. The van der Waals surface area contributed by atoms with E-state index in [0.717, 1.165) is 5.56 Å². The minimum absolute atomic E-state index is 0.114. The Balaban J connectivity index is 2.30. The third-order valence-electron chi connectivity index (χ3n) is 2.79. The molecule has 0 fully saturated rings. The molecule has 2 amide bonds. The van der Waals surface area contributed by atoms with Crippen molar-refractivity contribution in [3.63, 3.8) is 0 Å². The molecule has 0 bridgehead atoms. The molecule has 5 nitrogen and oxygen atoms in total. The van der Waals surface area contributed by atoms with Gasteiger partial charge in [-0.15, -0.1) is 0 Å². The topological polar surface area (TPSA) is 67.4 Å². The maximum Gasteiger partial charge on any atom is 0.407 e. The fourth-order valence-electron chi connectivity index (χ4n) is 1.71. The molecule has 0 radical (unpaired) electrons. The second-order valence-electron chi connectivity index (χ2n) is 5.99. The number of rotatable bonds is 5. The molecule has 0 spiro atoms. The van der Waals surface area contributed by atoms with Gasteiger partial charge >= 0.3 is 6.09 Å². The summed E-state index contributed by atoms with van der Waals surface area (Å²) in [5, 5.41) is 6.04. The summed E-state index contributed by atoms with van der Waals surface area (Å²) >= 11 is 6.00. The van der Waals surface area contributed by atoms with Crippen LogP contribution in [0.3, 0.4) is 0 Å². The highest BCUT2D eigenvalue weighted by atomic mass is 35.5. The second-order valence-corrected chi connectivity index (χ2v) is 6.40. The Morgan fingerprint density at radius 1 is 1.27 bits per heavy atom. The molecule has 0 unspecified atom stereocenters. The highest BCUT2D eigenvalue weighted by Gasteiger charge is 2.15. The van der Waals surface area contributed by atoms with Crippen molar-refractivity contribution < 1.29 is 14.3 Å². The molecule has 1 rings (SSSR count). The number of amides is 2. The Bertz CT molecular complexity index is 539. The van der Waals surface area contributed by atoms with Crippen LogP contribution in [-0.2, 0) is 9.53 Å². The van der Waals surface area contributed by atoms with Gasteiger partial charge in [0.15, 0.2) is 0 Å². The molecular weight excluding hydrogens is 304 g/mol. The molecule has 0 saturated heterocycles. The van der Waals surface area contributed by atoms with Crippen molar-refractivity contribution in [1.29, 1.82) is 0 Å². The number of carbonyl (C=O) groups is 2. The van der Waals surface area contributed by atoms with Crippen LogP contribution in [0.5, 0.6) is 0 Å². The van der Waals surface area contributed by atoms with Crippen LogP contribution < -0.4 is 10.6 Å². The fourth-order valence-corrected chi connectivity index (χ4v) is 1.88. The molecule has 1 aromatic carbocycles. The molecular formula is C16H23ClN2O3. The van der Waals surface area contributed by atoms with E-state index in [1.807, 2.05) is 6.92 Å². The van der Waals surface area contributed by atoms with Crippen molar-refractivity contribution in [2.45, 2.75) is 46.1 Å². The zero-order chi connectivity index (χ0) is 16.8. The standard InChI is InChI=1S/C16H23ClN2O3/c1-11-12(17)7-5-8-13(11)19-14(20)9-6-10-18-15(21)22-16(2,3)4/h5,7-8H,6,9-10H2,1-4H3,(H,18,21)(H,19,20). The van der Waals surface area contributed by atoms with E-state index in [4.69, 9.17) is 16.3 Å². The fraction of sp³-hybridized carbons (Fsp3) is 0.500. The molecule has 22 heavy (non-hydrogen) atoms. The summed E-state index contributed by atoms with van der Waals surface area (Å²) in [7, 11) is 0. The van der Waals surface area contributed by atoms with E-state index in [0.29, 0.717) is 30.1 Å². The monoisotopic (exact) mass is 326 g/mol. The van der Waals surface area contributed by atoms with Crippen molar-refractivity contribution in [2.24, 2.45) is 0 Å². The van der Waals surface area contributed by atoms with Gasteiger partial charge in [0.25, 0.3) is 0 Å². The highest BCUT2D eigenvalue weighted by molar-refractivity contribution is 6.31. The largest absolute Gasteiger partial charge is 0.444 e. The Hall–Kier alpha value is -1.75. The molecule has 0 saturated carbocycles. The third-order valence-corrected chi connectivity index (χ3v) is 3.20. The van der Waals surface area contributed by atoms with Gasteiger partial charge in [0.1, 0.15) is 5.60 Å². The minimum Gasteiger partial charge on any atom is -0.444 e. The van der Waals surface area contributed by atoms with Gasteiger partial charge in [-0.05, 0) is 51.8 Å². The van der Waals surface area contributed by atoms with Gasteiger partial charge in [-0.2, -0.15) is 0 Å². The summed E-state index contributed by atoms with van der Waals surface area (Å²) in [6, 6.07) is 5.37. The van der Waals surface area contributed by atoms with Crippen LogP contribution in [0.4, 0.5) is 10.5 Å². The maximum atomic E-state index is 11.9. The average Bonchev–Trinajstić information content (AvgIpc) is 2.38. The molecule has 0 heterocycles. The molecule has 0 aromatic heterocycles. The number of hydrogen-bond donors (Lipinski definition) is 2. The summed E-state index contributed by atoms with van der Waals surface area (Å²) in [6.07, 6.45) is 0.366. The Labute approximate surface area is 136 Å². The lowest BCUT2D eigenvalue weighted by Gasteiger charge is -2.19. The van der Waals surface area contributed by atoms with Gasteiger partial charge in [-0.1, -0.05) is 17.7 Å². The number of nitrogens with one attached hydrogen (secondary N) is 2. The lowest BCUT2D eigenvalue weighted by molar-refractivity contribution is -0.116. The quantitative estimate of drug-likeness (QED) is 0.806. The number of alkyl carbamates (subject to hydrolysis) is 1. The molecule has 6 heteroatoms. The lowest BCUT2D eigenvalue weighted by atomic mass is 10.2. The number of anilines is 1. The molecule has 0 aliphatic rings. The van der Waals surface area contributed by atoms with E-state index in [1.54, 1.807) is 39.0 Å². The zero-order valence-corrected chi connectivity index (χ0v) is 14.2. The number of halogens is 1. The SMILES string of the molecule is Cc1c(Cl)cccc1NC(=O)CCCNC(=O)OC(C)(C)C. The Kier molecular flexibility index (Phi) is 6.68. The lowest BCUT2D eigenvalue weighted by Crippen LogP contribution is -2.33. The molecule has 0 aliphatic heterocycles. The van der Waals surface area contributed by atoms with Crippen molar-refractivity contribution in [3.8, 4) is 0 Å². The predicted molar refractivity (Wildman–Crippen MR) is 88.3 cm³/mol. The molecule has 1 aromatic rings. The van der Waals surface area contributed by atoms with Crippen LogP contribution in [0.2, 0.25) is 5.02 Å². The number of carbonyl (C=O) groups excluding carboxylic acids is 2. The highest BCUT2D eigenvalue weighted by Crippen LogP contribution is 2.23. The van der Waals surface area contributed by atoms with Crippen LogP contribution in [-0.4, -0.2) is 24.1 Å². The van der Waals surface area contributed by atoms with Crippen molar-refractivity contribution in [2.75, 3.05) is 11.9 Å². The van der Waals surface area contributed by atoms with E-state index in [2.05, 4.69) is 10.6 Å². The summed E-state index contributed by atoms with van der Waals surface area (Å²) in [6.45, 7) is 7.63. The van der Waals surface area contributed by atoms with E-state index in [1.165, 1.54) is 0 Å². The summed E-state index contributed by atoms with van der Waals surface area (Å²) in [4.78, 5) is 23.3. The van der Waals surface area contributed by atoms with Gasteiger partial charge in [0.05, 0.1) is 0 Å². The van der Waals surface area contributed by atoms with Gasteiger partial charge < -0.3 is 15.4 Å². The van der Waals surface area contributed by atoms with Gasteiger partial charge in [0.2, 0.25) is 5.91 Å². The van der Waals surface area contributed by atoms with E-state index < -0.39 is 11.7 Å². The molecule has 2 N–H and O–H groups in total. The summed E-state index contributed by atoms with van der Waals surface area (Å²) < 4.78 is 5.10. The molecule has 0 aliphatic carbocycles. The van der Waals surface area contributed by atoms with Crippen LogP contribution in [0.1, 0.15) is 39.2 Å². The second kappa shape index (κ2) is 8.03. The predicted octanol–water partition coefficient (Wildman–Crippen LogP) is 3.89. The van der Waals surface area contributed by atoms with Crippen molar-refractivity contribution >= 4 is 29.3 Å². The zero-order valence-electron chi connectivity index (χ0n) is 13.5. The molecule has 122 valence electrons. The molecule has 0 atom stereocenters. The van der Waals surface area contributed by atoms with Gasteiger partial charge in [0, 0.05) is 23.7 Å². The van der Waals surface area contributed by atoms with Crippen LogP contribution in [0, 0.1) is 6.92 Å². The Morgan fingerprint density at radius 2 is 1.95 bits per heavy atom. The van der Waals surface area contributed by atoms with Crippen molar-refractivity contribution in [1.82, 2.24) is 5.32 Å². The Morgan fingerprint density at radius 3 is 2.59 bits per heavy atom. The van der Waals surface area contributed by atoms with Crippen LogP contribution in [0.15, 0.2) is 18.2 Å².